The summed E-state index contributed by atoms with van der Waals surface area (Å²) in [5, 5.41) is 2.87. The molecule has 3 nitrogen and oxygen atoms in total. The summed E-state index contributed by atoms with van der Waals surface area (Å²) in [6, 6.07) is 7.36. The van der Waals surface area contributed by atoms with E-state index in [9.17, 15) is 9.59 Å². The summed E-state index contributed by atoms with van der Waals surface area (Å²) in [6.07, 6.45) is 1.46. The second-order valence-electron chi connectivity index (χ2n) is 4.97. The number of carbonyl (C=O) groups excluding carboxylic acids is 2. The zero-order valence-electron chi connectivity index (χ0n) is 13.3. The van der Waals surface area contributed by atoms with E-state index in [1.807, 2.05) is 32.0 Å². The van der Waals surface area contributed by atoms with Crippen molar-refractivity contribution < 1.29 is 11.0 Å². The van der Waals surface area contributed by atoms with E-state index in [0.29, 0.717) is 24.4 Å². The summed E-state index contributed by atoms with van der Waals surface area (Å²) in [5.74, 6) is 0.650. The molecular formula is C17H29NO2. The van der Waals surface area contributed by atoms with Gasteiger partial charge in [-0.1, -0.05) is 45.9 Å². The maximum absolute atomic E-state index is 11.6. The van der Waals surface area contributed by atoms with Crippen LogP contribution >= 0.6 is 0 Å². The van der Waals surface area contributed by atoms with E-state index >= 15 is 0 Å². The van der Waals surface area contributed by atoms with Gasteiger partial charge in [0.15, 0.2) is 5.78 Å². The first-order valence-corrected chi connectivity index (χ1v) is 7.35. The van der Waals surface area contributed by atoms with Crippen molar-refractivity contribution in [2.45, 2.75) is 54.0 Å². The summed E-state index contributed by atoms with van der Waals surface area (Å²) in [4.78, 5) is 22.8. The summed E-state index contributed by atoms with van der Waals surface area (Å²) in [7, 11) is 0. The van der Waals surface area contributed by atoms with Gasteiger partial charge in [0.1, 0.15) is 0 Å². The maximum Gasteiger partial charge on any atom is 0.220 e. The number of benzene rings is 1. The molecule has 0 bridgehead atoms. The van der Waals surface area contributed by atoms with Gasteiger partial charge < -0.3 is 5.32 Å². The fourth-order valence-corrected chi connectivity index (χ4v) is 1.61. The molecule has 0 spiro atoms. The van der Waals surface area contributed by atoms with Crippen LogP contribution in [0.5, 0.6) is 0 Å². The van der Waals surface area contributed by atoms with Crippen LogP contribution in [0.1, 0.15) is 64.8 Å². The molecule has 0 saturated carbocycles. The standard InChI is InChI=1S/C15H21NO2.C2H6.H2/c1-11(2)7-8-15(18)16-10-13-5-4-6-14(9-13)12(3)17;1-2;/h4-6,9,11H,7-8,10H2,1-3H3,(H,16,18);1-2H3;1H. The minimum atomic E-state index is 0. The van der Waals surface area contributed by atoms with Crippen LogP contribution in [0, 0.1) is 5.92 Å². The van der Waals surface area contributed by atoms with Crippen molar-refractivity contribution in [1.29, 1.82) is 0 Å². The number of hydrogen-bond acceptors (Lipinski definition) is 2. The molecule has 0 aliphatic carbocycles. The average Bonchev–Trinajstić information content (AvgIpc) is 2.45. The quantitative estimate of drug-likeness (QED) is 0.793. The number of hydrogen-bond donors (Lipinski definition) is 1. The number of Topliss-reactive ketones (excluding diaryl/α,β-unsaturated/α-hetero) is 1. The molecule has 3 heteroatoms. The summed E-state index contributed by atoms with van der Waals surface area (Å²) < 4.78 is 0. The van der Waals surface area contributed by atoms with Gasteiger partial charge in [-0.2, -0.15) is 0 Å². The zero-order valence-corrected chi connectivity index (χ0v) is 13.3. The van der Waals surface area contributed by atoms with Gasteiger partial charge in [-0.25, -0.2) is 0 Å². The van der Waals surface area contributed by atoms with E-state index in [4.69, 9.17) is 0 Å². The number of nitrogens with one attached hydrogen (secondary N) is 1. The van der Waals surface area contributed by atoms with Crippen LogP contribution in [0.2, 0.25) is 0 Å². The van der Waals surface area contributed by atoms with E-state index < -0.39 is 0 Å². The van der Waals surface area contributed by atoms with E-state index in [-0.39, 0.29) is 13.1 Å². The lowest BCUT2D eigenvalue weighted by atomic mass is 10.1. The Labute approximate surface area is 124 Å². The van der Waals surface area contributed by atoms with Crippen LogP contribution in [0.15, 0.2) is 24.3 Å². The van der Waals surface area contributed by atoms with E-state index in [2.05, 4.69) is 19.2 Å². The number of carbonyl (C=O) groups is 2. The van der Waals surface area contributed by atoms with Crippen molar-refractivity contribution in [2.75, 3.05) is 0 Å². The molecule has 1 aromatic carbocycles. The monoisotopic (exact) mass is 279 g/mol. The lowest BCUT2D eigenvalue weighted by molar-refractivity contribution is -0.121. The molecule has 0 saturated heterocycles. The number of ketones is 1. The zero-order chi connectivity index (χ0) is 15.5. The van der Waals surface area contributed by atoms with Crippen molar-refractivity contribution in [1.82, 2.24) is 5.32 Å². The molecule has 0 heterocycles. The molecule has 1 aromatic rings. The van der Waals surface area contributed by atoms with Crippen LogP contribution in [0.25, 0.3) is 0 Å². The Bertz CT molecular complexity index is 431. The predicted molar refractivity (Wildman–Crippen MR) is 85.8 cm³/mol. The first-order chi connectivity index (χ1) is 9.49. The molecular weight excluding hydrogens is 250 g/mol. The first kappa shape index (κ1) is 18.4. The molecule has 0 fully saturated rings. The molecule has 0 atom stereocenters. The van der Waals surface area contributed by atoms with E-state index in [1.165, 1.54) is 0 Å². The third kappa shape index (κ3) is 7.72. The van der Waals surface area contributed by atoms with Crippen LogP contribution in [-0.2, 0) is 11.3 Å². The smallest absolute Gasteiger partial charge is 0.220 e. The van der Waals surface area contributed by atoms with Crippen LogP contribution in [0.3, 0.4) is 0 Å². The molecule has 1 amide bonds. The van der Waals surface area contributed by atoms with Crippen molar-refractivity contribution in [3.8, 4) is 0 Å². The topological polar surface area (TPSA) is 46.2 Å². The van der Waals surface area contributed by atoms with Crippen molar-refractivity contribution in [3.63, 3.8) is 0 Å². The van der Waals surface area contributed by atoms with Crippen LogP contribution in [0.4, 0.5) is 0 Å². The molecule has 1 rings (SSSR count). The molecule has 0 aliphatic rings. The van der Waals surface area contributed by atoms with Gasteiger partial charge in [0, 0.05) is 20.0 Å². The molecule has 0 aliphatic heterocycles. The molecule has 0 aromatic heterocycles. The SMILES string of the molecule is CC.CC(=O)c1cccc(CNC(=O)CCC(C)C)c1.[HH]. The summed E-state index contributed by atoms with van der Waals surface area (Å²) in [6.45, 7) is 10.2. The van der Waals surface area contributed by atoms with E-state index in [1.54, 1.807) is 13.0 Å². The average molecular weight is 279 g/mol. The van der Waals surface area contributed by atoms with Crippen LogP contribution < -0.4 is 5.32 Å². The van der Waals surface area contributed by atoms with Crippen molar-refractivity contribution in [3.05, 3.63) is 35.4 Å². The Morgan fingerprint density at radius 1 is 1.25 bits per heavy atom. The highest BCUT2D eigenvalue weighted by Gasteiger charge is 2.04. The van der Waals surface area contributed by atoms with E-state index in [0.717, 1.165) is 12.0 Å². The van der Waals surface area contributed by atoms with Gasteiger partial charge in [-0.05, 0) is 30.9 Å². The fourth-order valence-electron chi connectivity index (χ4n) is 1.61. The highest BCUT2D eigenvalue weighted by molar-refractivity contribution is 5.94. The Balaban J connectivity index is 0. The van der Waals surface area contributed by atoms with Crippen molar-refractivity contribution in [2.24, 2.45) is 5.92 Å². The number of rotatable bonds is 6. The van der Waals surface area contributed by atoms with Gasteiger partial charge in [0.05, 0.1) is 0 Å². The Morgan fingerprint density at radius 3 is 2.45 bits per heavy atom. The third-order valence-corrected chi connectivity index (χ3v) is 2.77. The largest absolute Gasteiger partial charge is 0.352 e. The van der Waals surface area contributed by atoms with Gasteiger partial charge in [-0.15, -0.1) is 0 Å². The van der Waals surface area contributed by atoms with Gasteiger partial charge >= 0.3 is 0 Å². The normalized spacial score (nSPS) is 9.70. The molecule has 114 valence electrons. The Kier molecular flexibility index (Phi) is 9.35. The number of amides is 1. The van der Waals surface area contributed by atoms with Crippen molar-refractivity contribution >= 4 is 11.7 Å². The minimum Gasteiger partial charge on any atom is -0.352 e. The highest BCUT2D eigenvalue weighted by atomic mass is 16.1. The van der Waals surface area contributed by atoms with Gasteiger partial charge in [0.25, 0.3) is 0 Å². The predicted octanol–water partition coefficient (Wildman–Crippen LogP) is 4.21. The highest BCUT2D eigenvalue weighted by Crippen LogP contribution is 2.07. The molecule has 1 N–H and O–H groups in total. The van der Waals surface area contributed by atoms with Gasteiger partial charge in [0.2, 0.25) is 5.91 Å². The lowest BCUT2D eigenvalue weighted by Crippen LogP contribution is -2.22. The first-order valence-electron chi connectivity index (χ1n) is 7.35. The second kappa shape index (κ2) is 10.2. The second-order valence-corrected chi connectivity index (χ2v) is 4.97. The molecule has 0 radical (unpaired) electrons. The fraction of sp³-hybridized carbons (Fsp3) is 0.529. The third-order valence-electron chi connectivity index (χ3n) is 2.77. The lowest BCUT2D eigenvalue weighted by Gasteiger charge is -2.07. The van der Waals surface area contributed by atoms with Gasteiger partial charge in [-0.3, -0.25) is 9.59 Å². The summed E-state index contributed by atoms with van der Waals surface area (Å²) in [5.41, 5.74) is 1.64. The minimum absolute atomic E-state index is 0. The molecule has 20 heavy (non-hydrogen) atoms. The summed E-state index contributed by atoms with van der Waals surface area (Å²) >= 11 is 0. The maximum atomic E-state index is 11.6. The van der Waals surface area contributed by atoms with Crippen LogP contribution in [-0.4, -0.2) is 11.7 Å². The Morgan fingerprint density at radius 2 is 1.90 bits per heavy atom. The molecule has 0 unspecified atom stereocenters. The Hall–Kier alpha value is -1.64.